The summed E-state index contributed by atoms with van der Waals surface area (Å²) in [6.45, 7) is 2.12. The molecule has 0 aromatic rings. The van der Waals surface area contributed by atoms with Crippen LogP contribution in [0.4, 0.5) is 0 Å². The number of rotatable bonds is 1. The predicted octanol–water partition coefficient (Wildman–Crippen LogP) is 2.38. The van der Waals surface area contributed by atoms with Crippen LogP contribution < -0.4 is 0 Å². The Morgan fingerprint density at radius 2 is 2.11 bits per heavy atom. The summed E-state index contributed by atoms with van der Waals surface area (Å²) < 4.78 is 4.84. The Kier molecular flexibility index (Phi) is 2.13. The van der Waals surface area contributed by atoms with Crippen molar-refractivity contribution in [3.8, 4) is 0 Å². The molecule has 1 aliphatic heterocycles. The highest BCUT2D eigenvalue weighted by Gasteiger charge is 1.87. The Bertz CT molecular complexity index is 149. The van der Waals surface area contributed by atoms with Crippen molar-refractivity contribution in [1.29, 1.82) is 0 Å². The van der Waals surface area contributed by atoms with Crippen LogP contribution in [0.15, 0.2) is 36.3 Å². The summed E-state index contributed by atoms with van der Waals surface area (Å²) in [5, 5.41) is 0. The molecule has 0 unspecified atom stereocenters. The van der Waals surface area contributed by atoms with E-state index in [4.69, 9.17) is 4.74 Å². The maximum absolute atomic E-state index is 4.84. The Hall–Kier alpha value is -0.980. The molecule has 0 aliphatic carbocycles. The van der Waals surface area contributed by atoms with E-state index in [-0.39, 0.29) is 0 Å². The van der Waals surface area contributed by atoms with E-state index in [0.717, 1.165) is 6.42 Å². The van der Waals surface area contributed by atoms with Gasteiger partial charge in [-0.25, -0.2) is 0 Å². The van der Waals surface area contributed by atoms with Crippen molar-refractivity contribution in [2.45, 2.75) is 13.3 Å². The summed E-state index contributed by atoms with van der Waals surface area (Å²) in [7, 11) is 0. The van der Waals surface area contributed by atoms with Gasteiger partial charge in [0.25, 0.3) is 0 Å². The van der Waals surface area contributed by atoms with Gasteiger partial charge in [-0.15, -0.1) is 0 Å². The third-order valence-electron chi connectivity index (χ3n) is 1.12. The maximum atomic E-state index is 4.84. The summed E-state index contributed by atoms with van der Waals surface area (Å²) in [6.07, 6.45) is 10.5. The molecule has 48 valence electrons. The summed E-state index contributed by atoms with van der Waals surface area (Å²) in [5.41, 5.74) is 1.23. The van der Waals surface area contributed by atoms with Gasteiger partial charge in [0, 0.05) is 0 Å². The van der Waals surface area contributed by atoms with Crippen molar-refractivity contribution >= 4 is 0 Å². The van der Waals surface area contributed by atoms with Crippen molar-refractivity contribution in [1.82, 2.24) is 0 Å². The molecular formula is C8H10O. The molecule has 0 N–H and O–H groups in total. The second kappa shape index (κ2) is 3.13. The minimum Gasteiger partial charge on any atom is -0.473 e. The molecule has 1 aliphatic rings. The van der Waals surface area contributed by atoms with Crippen molar-refractivity contribution in [2.75, 3.05) is 0 Å². The summed E-state index contributed by atoms with van der Waals surface area (Å²) in [6, 6.07) is 0. The zero-order valence-electron chi connectivity index (χ0n) is 5.50. The third kappa shape index (κ3) is 1.76. The average Bonchev–Trinajstić information content (AvgIpc) is 1.91. The zero-order valence-corrected chi connectivity index (χ0v) is 5.50. The normalized spacial score (nSPS) is 15.4. The number of hydrogen-bond donors (Lipinski definition) is 0. The van der Waals surface area contributed by atoms with Gasteiger partial charge in [0.1, 0.15) is 0 Å². The first-order valence-electron chi connectivity index (χ1n) is 3.12. The molecule has 0 aromatic carbocycles. The Morgan fingerprint density at radius 1 is 1.44 bits per heavy atom. The molecule has 1 heterocycles. The summed E-state index contributed by atoms with van der Waals surface area (Å²) >= 11 is 0. The fourth-order valence-corrected chi connectivity index (χ4v) is 0.708. The van der Waals surface area contributed by atoms with Crippen molar-refractivity contribution in [3.63, 3.8) is 0 Å². The van der Waals surface area contributed by atoms with E-state index in [1.54, 1.807) is 12.5 Å². The van der Waals surface area contributed by atoms with Crippen LogP contribution in [0.5, 0.6) is 0 Å². The molecule has 0 fully saturated rings. The topological polar surface area (TPSA) is 9.23 Å². The van der Waals surface area contributed by atoms with Crippen LogP contribution in [0.25, 0.3) is 0 Å². The Morgan fingerprint density at radius 3 is 2.67 bits per heavy atom. The van der Waals surface area contributed by atoms with E-state index in [2.05, 4.69) is 13.0 Å². The molecule has 0 amide bonds. The van der Waals surface area contributed by atoms with Gasteiger partial charge in [-0.2, -0.15) is 0 Å². The lowest BCUT2D eigenvalue weighted by atomic mass is 10.2. The monoisotopic (exact) mass is 122 g/mol. The van der Waals surface area contributed by atoms with Crippen LogP contribution in [0, 0.1) is 0 Å². The van der Waals surface area contributed by atoms with E-state index in [1.165, 1.54) is 5.57 Å². The van der Waals surface area contributed by atoms with Gasteiger partial charge in [0.2, 0.25) is 0 Å². The van der Waals surface area contributed by atoms with Gasteiger partial charge in [-0.05, 0) is 24.1 Å². The van der Waals surface area contributed by atoms with Crippen LogP contribution in [-0.4, -0.2) is 0 Å². The molecule has 0 spiro atoms. The number of allylic oxidation sites excluding steroid dienone is 4. The zero-order chi connectivity index (χ0) is 6.53. The molecule has 0 radical (unpaired) electrons. The highest BCUT2D eigenvalue weighted by atomic mass is 16.5. The van der Waals surface area contributed by atoms with E-state index in [9.17, 15) is 0 Å². The van der Waals surface area contributed by atoms with Crippen molar-refractivity contribution in [3.05, 3.63) is 36.3 Å². The van der Waals surface area contributed by atoms with Gasteiger partial charge in [0.05, 0.1) is 12.5 Å². The van der Waals surface area contributed by atoms with Crippen molar-refractivity contribution < 1.29 is 4.74 Å². The van der Waals surface area contributed by atoms with Gasteiger partial charge in [-0.1, -0.05) is 13.0 Å². The maximum Gasteiger partial charge on any atom is 0.0907 e. The van der Waals surface area contributed by atoms with Crippen LogP contribution in [0.3, 0.4) is 0 Å². The molecular weight excluding hydrogens is 112 g/mol. The molecule has 0 saturated carbocycles. The second-order valence-electron chi connectivity index (χ2n) is 1.85. The van der Waals surface area contributed by atoms with E-state index < -0.39 is 0 Å². The molecule has 0 bridgehead atoms. The minimum atomic E-state index is 1.07. The predicted molar refractivity (Wildman–Crippen MR) is 37.7 cm³/mol. The van der Waals surface area contributed by atoms with E-state index in [0.29, 0.717) is 0 Å². The lowest BCUT2D eigenvalue weighted by Gasteiger charge is -1.98. The molecule has 0 atom stereocenters. The largest absolute Gasteiger partial charge is 0.473 e. The summed E-state index contributed by atoms with van der Waals surface area (Å²) in [4.78, 5) is 0. The first-order valence-corrected chi connectivity index (χ1v) is 3.12. The highest BCUT2D eigenvalue weighted by molar-refractivity contribution is 5.30. The first-order chi connectivity index (χ1) is 4.43. The lowest BCUT2D eigenvalue weighted by Crippen LogP contribution is -1.79. The summed E-state index contributed by atoms with van der Waals surface area (Å²) in [5.74, 6) is 0. The van der Waals surface area contributed by atoms with Gasteiger partial charge in [-0.3, -0.25) is 0 Å². The number of ether oxygens (including phenoxy) is 1. The number of hydrogen-bond acceptors (Lipinski definition) is 1. The van der Waals surface area contributed by atoms with E-state index >= 15 is 0 Å². The van der Waals surface area contributed by atoms with Crippen LogP contribution >= 0.6 is 0 Å². The molecule has 1 heteroatoms. The van der Waals surface area contributed by atoms with Gasteiger partial charge < -0.3 is 4.74 Å². The molecule has 1 nitrogen and oxygen atoms in total. The average molecular weight is 122 g/mol. The standard InChI is InChI=1S/C8H10O/c1-2-3-8-4-6-9-7-5-8/h3-7H,2H2,1H3. The quantitative estimate of drug-likeness (QED) is 0.518. The second-order valence-corrected chi connectivity index (χ2v) is 1.85. The van der Waals surface area contributed by atoms with Crippen LogP contribution in [0.2, 0.25) is 0 Å². The molecule has 0 saturated heterocycles. The Labute approximate surface area is 55.3 Å². The molecule has 1 rings (SSSR count). The fourth-order valence-electron chi connectivity index (χ4n) is 0.708. The smallest absolute Gasteiger partial charge is 0.0907 e. The van der Waals surface area contributed by atoms with Crippen molar-refractivity contribution in [2.24, 2.45) is 0 Å². The van der Waals surface area contributed by atoms with Gasteiger partial charge >= 0.3 is 0 Å². The minimum absolute atomic E-state index is 1.07. The SMILES string of the molecule is CCC=C1C=COC=C1. The van der Waals surface area contributed by atoms with E-state index in [1.807, 2.05) is 12.2 Å². The Balaban J connectivity index is 2.59. The van der Waals surface area contributed by atoms with Crippen LogP contribution in [-0.2, 0) is 4.74 Å². The third-order valence-corrected chi connectivity index (χ3v) is 1.12. The molecule has 9 heavy (non-hydrogen) atoms. The molecule has 0 aromatic heterocycles. The lowest BCUT2D eigenvalue weighted by molar-refractivity contribution is 0.398. The highest BCUT2D eigenvalue weighted by Crippen LogP contribution is 2.05. The van der Waals surface area contributed by atoms with Gasteiger partial charge in [0.15, 0.2) is 0 Å². The fraction of sp³-hybridized carbons (Fsp3) is 0.250. The van der Waals surface area contributed by atoms with Crippen LogP contribution in [0.1, 0.15) is 13.3 Å². The first kappa shape index (κ1) is 6.14.